The van der Waals surface area contributed by atoms with E-state index in [9.17, 15) is 4.79 Å². The van der Waals surface area contributed by atoms with Gasteiger partial charge in [0.15, 0.2) is 0 Å². The molecule has 1 fully saturated rings. The van der Waals surface area contributed by atoms with Crippen LogP contribution in [0.1, 0.15) is 24.5 Å². The van der Waals surface area contributed by atoms with Gasteiger partial charge in [-0.3, -0.25) is 9.69 Å². The van der Waals surface area contributed by atoms with Gasteiger partial charge in [-0.2, -0.15) is 0 Å². The molecule has 0 radical (unpaired) electrons. The highest BCUT2D eigenvalue weighted by Crippen LogP contribution is 2.17. The Morgan fingerprint density at radius 3 is 2.59 bits per heavy atom. The van der Waals surface area contributed by atoms with Crippen molar-refractivity contribution in [3.05, 3.63) is 65.7 Å². The number of rotatable bonds is 8. The molecule has 1 unspecified atom stereocenters. The number of anilines is 1. The lowest BCUT2D eigenvalue weighted by Crippen LogP contribution is -2.43. The maximum absolute atomic E-state index is 12.5. The molecule has 1 amide bonds. The van der Waals surface area contributed by atoms with Crippen LogP contribution in [0.3, 0.4) is 0 Å². The third-order valence-electron chi connectivity index (χ3n) is 4.74. The third-order valence-corrected chi connectivity index (χ3v) is 4.74. The van der Waals surface area contributed by atoms with Gasteiger partial charge in [0.05, 0.1) is 19.1 Å². The van der Waals surface area contributed by atoms with Crippen LogP contribution < -0.4 is 10.6 Å². The quantitative estimate of drug-likeness (QED) is 0.655. The molecule has 2 N–H and O–H groups in total. The van der Waals surface area contributed by atoms with E-state index in [-0.39, 0.29) is 36.8 Å². The standard InChI is InChI=1S/C22H29N3O2.2ClH/c1-2-23-15-19-10-6-7-11-21(19)24-22(26)14-20-17-25(12-13-27-20)16-18-8-4-3-5-9-18;;/h3-11,20,23H,2,12-17H2,1H3,(H,24,26);2*1H. The average molecular weight is 440 g/mol. The Bertz CT molecular complexity index is 731. The number of carbonyl (C=O) groups excluding carboxylic acids is 1. The van der Waals surface area contributed by atoms with Crippen molar-refractivity contribution in [2.75, 3.05) is 31.6 Å². The smallest absolute Gasteiger partial charge is 0.227 e. The third kappa shape index (κ3) is 8.33. The lowest BCUT2D eigenvalue weighted by molar-refractivity contribution is -0.121. The highest BCUT2D eigenvalue weighted by molar-refractivity contribution is 5.91. The van der Waals surface area contributed by atoms with Crippen LogP contribution in [0.25, 0.3) is 0 Å². The fourth-order valence-corrected chi connectivity index (χ4v) is 3.35. The first kappa shape index (κ1) is 25.4. The molecular weight excluding hydrogens is 409 g/mol. The number of ether oxygens (including phenoxy) is 1. The summed E-state index contributed by atoms with van der Waals surface area (Å²) in [7, 11) is 0. The van der Waals surface area contributed by atoms with Crippen molar-refractivity contribution in [3.8, 4) is 0 Å². The van der Waals surface area contributed by atoms with Crippen molar-refractivity contribution in [2.24, 2.45) is 0 Å². The molecule has 0 bridgehead atoms. The van der Waals surface area contributed by atoms with Crippen LogP contribution in [-0.4, -0.2) is 43.2 Å². The predicted octanol–water partition coefficient (Wildman–Crippen LogP) is 3.87. The summed E-state index contributed by atoms with van der Waals surface area (Å²) in [6.45, 7) is 6.96. The molecule has 1 saturated heterocycles. The monoisotopic (exact) mass is 439 g/mol. The number of carbonyl (C=O) groups is 1. The minimum absolute atomic E-state index is 0. The Labute approximate surface area is 186 Å². The molecule has 7 heteroatoms. The summed E-state index contributed by atoms with van der Waals surface area (Å²) in [5, 5.41) is 6.36. The van der Waals surface area contributed by atoms with Crippen molar-refractivity contribution in [2.45, 2.75) is 32.5 Å². The average Bonchev–Trinajstić information content (AvgIpc) is 2.68. The van der Waals surface area contributed by atoms with E-state index in [1.807, 2.05) is 30.3 Å². The molecule has 1 aliphatic heterocycles. The van der Waals surface area contributed by atoms with Gasteiger partial charge in [-0.05, 0) is 23.7 Å². The molecule has 1 heterocycles. The van der Waals surface area contributed by atoms with Crippen LogP contribution in [0.4, 0.5) is 5.69 Å². The van der Waals surface area contributed by atoms with Crippen LogP contribution in [-0.2, 0) is 22.6 Å². The Hall–Kier alpha value is -1.63. The lowest BCUT2D eigenvalue weighted by Gasteiger charge is -2.32. The van der Waals surface area contributed by atoms with Crippen molar-refractivity contribution in [1.82, 2.24) is 10.2 Å². The second-order valence-electron chi connectivity index (χ2n) is 6.90. The zero-order valence-corrected chi connectivity index (χ0v) is 18.4. The van der Waals surface area contributed by atoms with E-state index >= 15 is 0 Å². The van der Waals surface area contributed by atoms with Crippen molar-refractivity contribution >= 4 is 36.4 Å². The Kier molecular flexibility index (Phi) is 11.9. The number of halogens is 2. The molecule has 1 aliphatic rings. The fourth-order valence-electron chi connectivity index (χ4n) is 3.35. The summed E-state index contributed by atoms with van der Waals surface area (Å²) in [6.07, 6.45) is 0.310. The number of benzene rings is 2. The molecular formula is C22H31Cl2N3O2. The van der Waals surface area contributed by atoms with E-state index in [4.69, 9.17) is 4.74 Å². The van der Waals surface area contributed by atoms with Crippen LogP contribution in [0, 0.1) is 0 Å². The van der Waals surface area contributed by atoms with E-state index < -0.39 is 0 Å². The Balaban J connectivity index is 0.00000210. The topological polar surface area (TPSA) is 53.6 Å². The minimum atomic E-state index is -0.0663. The molecule has 0 aliphatic carbocycles. The zero-order valence-electron chi connectivity index (χ0n) is 16.8. The molecule has 2 aromatic rings. The van der Waals surface area contributed by atoms with Gasteiger partial charge in [-0.25, -0.2) is 0 Å². The minimum Gasteiger partial charge on any atom is -0.375 e. The molecule has 0 aromatic heterocycles. The Morgan fingerprint density at radius 1 is 1.10 bits per heavy atom. The van der Waals surface area contributed by atoms with Crippen molar-refractivity contribution < 1.29 is 9.53 Å². The summed E-state index contributed by atoms with van der Waals surface area (Å²) in [4.78, 5) is 14.9. The van der Waals surface area contributed by atoms with E-state index in [0.29, 0.717) is 13.0 Å². The number of nitrogens with zero attached hydrogens (tertiary/aromatic N) is 1. The van der Waals surface area contributed by atoms with Gasteiger partial charge in [-0.1, -0.05) is 55.5 Å². The van der Waals surface area contributed by atoms with E-state index in [2.05, 4.69) is 46.7 Å². The first-order valence-electron chi connectivity index (χ1n) is 9.71. The number of amides is 1. The first-order chi connectivity index (χ1) is 13.2. The summed E-state index contributed by atoms with van der Waals surface area (Å²) in [5.74, 6) is 0.00510. The van der Waals surface area contributed by atoms with Gasteiger partial charge >= 0.3 is 0 Å². The van der Waals surface area contributed by atoms with Gasteiger partial charge < -0.3 is 15.4 Å². The summed E-state index contributed by atoms with van der Waals surface area (Å²) >= 11 is 0. The van der Waals surface area contributed by atoms with Gasteiger partial charge in [0.2, 0.25) is 5.91 Å². The van der Waals surface area contributed by atoms with E-state index in [1.54, 1.807) is 0 Å². The van der Waals surface area contributed by atoms with Crippen molar-refractivity contribution in [3.63, 3.8) is 0 Å². The van der Waals surface area contributed by atoms with E-state index in [1.165, 1.54) is 5.56 Å². The molecule has 0 spiro atoms. The first-order valence-corrected chi connectivity index (χ1v) is 9.71. The molecule has 2 aromatic carbocycles. The van der Waals surface area contributed by atoms with Crippen LogP contribution in [0.2, 0.25) is 0 Å². The van der Waals surface area contributed by atoms with Crippen LogP contribution in [0.5, 0.6) is 0 Å². The summed E-state index contributed by atoms with van der Waals surface area (Å²) < 4.78 is 5.83. The lowest BCUT2D eigenvalue weighted by atomic mass is 10.1. The highest BCUT2D eigenvalue weighted by atomic mass is 35.5. The molecule has 0 saturated carbocycles. The zero-order chi connectivity index (χ0) is 18.9. The van der Waals surface area contributed by atoms with Gasteiger partial charge in [0.25, 0.3) is 0 Å². The second-order valence-corrected chi connectivity index (χ2v) is 6.90. The number of morpholine rings is 1. The molecule has 3 rings (SSSR count). The summed E-state index contributed by atoms with van der Waals surface area (Å²) in [5.41, 5.74) is 3.27. The van der Waals surface area contributed by atoms with Gasteiger partial charge in [0, 0.05) is 31.9 Å². The second kappa shape index (κ2) is 13.6. The highest BCUT2D eigenvalue weighted by Gasteiger charge is 2.23. The number of para-hydroxylation sites is 1. The molecule has 5 nitrogen and oxygen atoms in total. The van der Waals surface area contributed by atoms with Crippen LogP contribution >= 0.6 is 24.8 Å². The van der Waals surface area contributed by atoms with E-state index in [0.717, 1.165) is 44.0 Å². The largest absolute Gasteiger partial charge is 0.375 e. The predicted molar refractivity (Wildman–Crippen MR) is 123 cm³/mol. The van der Waals surface area contributed by atoms with Gasteiger partial charge in [-0.15, -0.1) is 24.8 Å². The number of hydrogen-bond acceptors (Lipinski definition) is 4. The summed E-state index contributed by atoms with van der Waals surface area (Å²) in [6, 6.07) is 18.4. The van der Waals surface area contributed by atoms with Crippen LogP contribution in [0.15, 0.2) is 54.6 Å². The number of hydrogen-bond donors (Lipinski definition) is 2. The molecule has 1 atom stereocenters. The Morgan fingerprint density at radius 2 is 1.83 bits per heavy atom. The number of nitrogens with one attached hydrogen (secondary N) is 2. The SMILES string of the molecule is CCNCc1ccccc1NC(=O)CC1CN(Cc2ccccc2)CCO1.Cl.Cl. The fraction of sp³-hybridized carbons (Fsp3) is 0.409. The molecule has 160 valence electrons. The van der Waals surface area contributed by atoms with Gasteiger partial charge in [0.1, 0.15) is 0 Å². The normalized spacial score (nSPS) is 16.4. The maximum Gasteiger partial charge on any atom is 0.227 e. The molecule has 29 heavy (non-hydrogen) atoms. The maximum atomic E-state index is 12.5. The van der Waals surface area contributed by atoms with Crippen molar-refractivity contribution in [1.29, 1.82) is 0 Å².